The van der Waals surface area contributed by atoms with E-state index in [1.165, 1.54) is 18.2 Å². The second-order valence-electron chi connectivity index (χ2n) is 5.62. The molecule has 0 aliphatic rings. The molecule has 0 unspecified atom stereocenters. The van der Waals surface area contributed by atoms with E-state index in [9.17, 15) is 15.2 Å². The van der Waals surface area contributed by atoms with Gasteiger partial charge >= 0.3 is 5.97 Å². The third-order valence-corrected chi connectivity index (χ3v) is 4.45. The third kappa shape index (κ3) is 3.75. The lowest BCUT2D eigenvalue weighted by molar-refractivity contribution is 0.0503. The Labute approximate surface area is 164 Å². The van der Waals surface area contributed by atoms with Crippen LogP contribution >= 0.6 is 23.2 Å². The molecule has 2 aromatic carbocycles. The van der Waals surface area contributed by atoms with Crippen molar-refractivity contribution in [2.24, 2.45) is 7.05 Å². The zero-order valence-electron chi connectivity index (χ0n) is 14.1. The van der Waals surface area contributed by atoms with Gasteiger partial charge < -0.3 is 14.4 Å². The van der Waals surface area contributed by atoms with E-state index >= 15 is 0 Å². The van der Waals surface area contributed by atoms with Gasteiger partial charge in [0.1, 0.15) is 18.2 Å². The van der Waals surface area contributed by atoms with Gasteiger partial charge in [0.25, 0.3) is 0 Å². The Balaban J connectivity index is 1.86. The lowest BCUT2D eigenvalue weighted by Crippen LogP contribution is -2.10. The minimum atomic E-state index is -0.745. The first kappa shape index (κ1) is 18.8. The Morgan fingerprint density at radius 2 is 2.04 bits per heavy atom. The Bertz CT molecular complexity index is 1110. The summed E-state index contributed by atoms with van der Waals surface area (Å²) in [6.07, 6.45) is 0. The standard InChI is InChI=1S/C19H13Cl2N3O3/c1-24-16-5-3-2-4-15(16)23-18(24)13(9-22)17(25)10-27-19(26)12-7-6-11(20)8-14(12)21/h2-8,25H,10H2,1H3/b17-13-. The van der Waals surface area contributed by atoms with E-state index in [-0.39, 0.29) is 22.0 Å². The van der Waals surface area contributed by atoms with Crippen molar-refractivity contribution in [2.45, 2.75) is 0 Å². The molecule has 0 aliphatic heterocycles. The number of nitrogens with zero attached hydrogens (tertiary/aromatic N) is 3. The van der Waals surface area contributed by atoms with Crippen LogP contribution in [0.5, 0.6) is 0 Å². The SMILES string of the molecule is Cn1c(/C(C#N)=C(\O)COC(=O)c2ccc(Cl)cc2Cl)nc2ccccc21. The number of aliphatic hydroxyl groups excluding tert-OH is 1. The van der Waals surface area contributed by atoms with Crippen LogP contribution in [0.3, 0.4) is 0 Å². The molecule has 0 saturated carbocycles. The van der Waals surface area contributed by atoms with Crippen LogP contribution in [0.1, 0.15) is 16.2 Å². The third-order valence-electron chi connectivity index (χ3n) is 3.90. The number of aliphatic hydroxyl groups is 1. The van der Waals surface area contributed by atoms with Crippen molar-refractivity contribution in [1.29, 1.82) is 5.26 Å². The van der Waals surface area contributed by atoms with Crippen LogP contribution in [0.2, 0.25) is 10.0 Å². The number of para-hydroxylation sites is 2. The molecule has 0 atom stereocenters. The quantitative estimate of drug-likeness (QED) is 0.394. The molecule has 0 fully saturated rings. The number of esters is 1. The van der Waals surface area contributed by atoms with E-state index in [1.54, 1.807) is 17.7 Å². The van der Waals surface area contributed by atoms with Gasteiger partial charge in [-0.1, -0.05) is 35.3 Å². The average molecular weight is 402 g/mol. The van der Waals surface area contributed by atoms with Crippen LogP contribution in [0, 0.1) is 11.3 Å². The average Bonchev–Trinajstić information content (AvgIpc) is 2.97. The number of carbonyl (C=O) groups is 1. The van der Waals surface area contributed by atoms with E-state index in [1.807, 2.05) is 24.3 Å². The first-order valence-electron chi connectivity index (χ1n) is 7.78. The molecule has 8 heteroatoms. The first-order valence-corrected chi connectivity index (χ1v) is 8.54. The van der Waals surface area contributed by atoms with Gasteiger partial charge in [0.05, 0.1) is 21.6 Å². The maximum absolute atomic E-state index is 12.1. The molecule has 0 spiro atoms. The van der Waals surface area contributed by atoms with Crippen LogP contribution in [0.4, 0.5) is 0 Å². The van der Waals surface area contributed by atoms with Gasteiger partial charge in [0.15, 0.2) is 11.6 Å². The predicted octanol–water partition coefficient (Wildman–Crippen LogP) is 4.53. The number of hydrogen-bond donors (Lipinski definition) is 1. The maximum Gasteiger partial charge on any atom is 0.340 e. The van der Waals surface area contributed by atoms with Gasteiger partial charge in [-0.15, -0.1) is 0 Å². The molecule has 0 radical (unpaired) electrons. The highest BCUT2D eigenvalue weighted by atomic mass is 35.5. The van der Waals surface area contributed by atoms with Crippen molar-refractivity contribution < 1.29 is 14.6 Å². The van der Waals surface area contributed by atoms with Gasteiger partial charge in [0.2, 0.25) is 0 Å². The van der Waals surface area contributed by atoms with Crippen molar-refractivity contribution in [3.63, 3.8) is 0 Å². The van der Waals surface area contributed by atoms with Crippen LogP contribution in [-0.2, 0) is 11.8 Å². The predicted molar refractivity (Wildman–Crippen MR) is 103 cm³/mol. The summed E-state index contributed by atoms with van der Waals surface area (Å²) in [6, 6.07) is 13.6. The number of benzene rings is 2. The number of carbonyl (C=O) groups excluding carboxylic acids is 1. The molecule has 0 bridgehead atoms. The fourth-order valence-electron chi connectivity index (χ4n) is 2.55. The zero-order chi connectivity index (χ0) is 19.6. The van der Waals surface area contributed by atoms with Gasteiger partial charge in [-0.25, -0.2) is 9.78 Å². The number of aromatic nitrogens is 2. The molecule has 3 rings (SSSR count). The van der Waals surface area contributed by atoms with E-state index in [0.717, 1.165) is 5.52 Å². The summed E-state index contributed by atoms with van der Waals surface area (Å²) in [7, 11) is 1.73. The number of hydrogen-bond acceptors (Lipinski definition) is 5. The van der Waals surface area contributed by atoms with Gasteiger partial charge in [-0.3, -0.25) is 0 Å². The topological polar surface area (TPSA) is 88.1 Å². The van der Waals surface area contributed by atoms with Crippen molar-refractivity contribution in [1.82, 2.24) is 9.55 Å². The minimum Gasteiger partial charge on any atom is -0.507 e. The molecule has 1 aromatic heterocycles. The van der Waals surface area contributed by atoms with E-state index in [4.69, 9.17) is 27.9 Å². The summed E-state index contributed by atoms with van der Waals surface area (Å²) < 4.78 is 6.75. The van der Waals surface area contributed by atoms with Crippen LogP contribution in [0.25, 0.3) is 16.6 Å². The van der Waals surface area contributed by atoms with Crippen molar-refractivity contribution >= 4 is 45.8 Å². The summed E-state index contributed by atoms with van der Waals surface area (Å²) >= 11 is 11.8. The van der Waals surface area contributed by atoms with Crippen LogP contribution in [0.15, 0.2) is 48.2 Å². The fraction of sp³-hybridized carbons (Fsp3) is 0.105. The summed E-state index contributed by atoms with van der Waals surface area (Å²) in [6.45, 7) is -0.496. The van der Waals surface area contributed by atoms with Crippen LogP contribution < -0.4 is 0 Å². The summed E-state index contributed by atoms with van der Waals surface area (Å²) in [4.78, 5) is 16.5. The number of imidazole rings is 1. The Kier molecular flexibility index (Phi) is 5.36. The second-order valence-corrected chi connectivity index (χ2v) is 6.46. The molecule has 136 valence electrons. The Morgan fingerprint density at radius 3 is 2.70 bits per heavy atom. The summed E-state index contributed by atoms with van der Waals surface area (Å²) in [5.74, 6) is -0.878. The number of nitriles is 1. The van der Waals surface area contributed by atoms with Crippen molar-refractivity contribution in [2.75, 3.05) is 6.61 Å². The minimum absolute atomic E-state index is 0.0799. The molecule has 1 N–H and O–H groups in total. The lowest BCUT2D eigenvalue weighted by atomic mass is 10.2. The smallest absolute Gasteiger partial charge is 0.340 e. The lowest BCUT2D eigenvalue weighted by Gasteiger charge is -2.08. The van der Waals surface area contributed by atoms with Gasteiger partial charge in [-0.2, -0.15) is 5.26 Å². The Hall–Kier alpha value is -3.01. The van der Waals surface area contributed by atoms with Gasteiger partial charge in [0, 0.05) is 12.1 Å². The molecule has 0 amide bonds. The molecule has 0 aliphatic carbocycles. The summed E-state index contributed by atoms with van der Waals surface area (Å²) in [5.41, 5.74) is 1.51. The van der Waals surface area contributed by atoms with Crippen molar-refractivity contribution in [3.05, 3.63) is 69.7 Å². The number of halogens is 2. The zero-order valence-corrected chi connectivity index (χ0v) is 15.6. The number of aryl methyl sites for hydroxylation is 1. The fourth-order valence-corrected chi connectivity index (χ4v) is 3.04. The monoisotopic (exact) mass is 401 g/mol. The van der Waals surface area contributed by atoms with E-state index < -0.39 is 18.3 Å². The van der Waals surface area contributed by atoms with E-state index in [0.29, 0.717) is 10.5 Å². The molecular weight excluding hydrogens is 389 g/mol. The number of fused-ring (bicyclic) bond motifs is 1. The number of rotatable bonds is 4. The molecule has 3 aromatic rings. The highest BCUT2D eigenvalue weighted by Gasteiger charge is 2.18. The first-order chi connectivity index (χ1) is 12.9. The van der Waals surface area contributed by atoms with E-state index in [2.05, 4.69) is 4.98 Å². The van der Waals surface area contributed by atoms with Crippen molar-refractivity contribution in [3.8, 4) is 6.07 Å². The molecule has 0 saturated heterocycles. The highest BCUT2D eigenvalue weighted by molar-refractivity contribution is 6.36. The number of allylic oxidation sites excluding steroid dienone is 1. The molecule has 27 heavy (non-hydrogen) atoms. The normalized spacial score (nSPS) is 11.8. The highest BCUT2D eigenvalue weighted by Crippen LogP contribution is 2.24. The number of ether oxygens (including phenoxy) is 1. The maximum atomic E-state index is 12.1. The molecular formula is C19H13Cl2N3O3. The van der Waals surface area contributed by atoms with Crippen LogP contribution in [-0.4, -0.2) is 27.2 Å². The van der Waals surface area contributed by atoms with Gasteiger partial charge in [-0.05, 0) is 30.3 Å². The molecule has 6 nitrogen and oxygen atoms in total. The molecule has 1 heterocycles. The largest absolute Gasteiger partial charge is 0.507 e. The summed E-state index contributed by atoms with van der Waals surface area (Å²) in [5, 5.41) is 20.3. The Morgan fingerprint density at radius 1 is 1.30 bits per heavy atom. The second kappa shape index (κ2) is 7.70.